The number of benzene rings is 2. The van der Waals surface area contributed by atoms with E-state index in [1.165, 1.54) is 0 Å². The van der Waals surface area contributed by atoms with E-state index in [2.05, 4.69) is 9.97 Å². The van der Waals surface area contributed by atoms with Gasteiger partial charge < -0.3 is 9.72 Å². The van der Waals surface area contributed by atoms with Crippen LogP contribution < -0.4 is 4.74 Å². The van der Waals surface area contributed by atoms with Crippen molar-refractivity contribution in [2.45, 2.75) is 5.92 Å². The summed E-state index contributed by atoms with van der Waals surface area (Å²) in [6.45, 7) is -0.211. The van der Waals surface area contributed by atoms with Crippen molar-refractivity contribution >= 4 is 28.4 Å². The third kappa shape index (κ3) is 3.33. The van der Waals surface area contributed by atoms with Gasteiger partial charge in [-0.2, -0.15) is 5.26 Å². The number of halogens is 1. The van der Waals surface area contributed by atoms with E-state index in [1.807, 2.05) is 30.3 Å². The van der Waals surface area contributed by atoms with Crippen molar-refractivity contribution in [3.05, 3.63) is 59.4 Å². The van der Waals surface area contributed by atoms with E-state index in [1.54, 1.807) is 24.3 Å². The molecule has 0 radical (unpaired) electrons. The van der Waals surface area contributed by atoms with Crippen molar-refractivity contribution in [2.24, 2.45) is 0 Å². The van der Waals surface area contributed by atoms with Crippen LogP contribution in [0.2, 0.25) is 5.02 Å². The summed E-state index contributed by atoms with van der Waals surface area (Å²) in [5.41, 5.74) is 1.50. The Morgan fingerprint density at radius 2 is 2.00 bits per heavy atom. The SMILES string of the molecule is N#C[C@H](C(=O)COc1ccc(Cl)cc1)c1nc2ccccc2[nH]1. The lowest BCUT2D eigenvalue weighted by atomic mass is 10.1. The summed E-state index contributed by atoms with van der Waals surface area (Å²) in [6, 6.07) is 16.0. The molecule has 23 heavy (non-hydrogen) atoms. The predicted octanol–water partition coefficient (Wildman–Crippen LogP) is 3.47. The van der Waals surface area contributed by atoms with E-state index < -0.39 is 5.92 Å². The predicted molar refractivity (Wildman–Crippen MR) is 86.4 cm³/mol. The zero-order valence-corrected chi connectivity index (χ0v) is 12.7. The summed E-state index contributed by atoms with van der Waals surface area (Å²) in [7, 11) is 0. The quantitative estimate of drug-likeness (QED) is 0.779. The monoisotopic (exact) mass is 325 g/mol. The minimum absolute atomic E-state index is 0.211. The number of ether oxygens (including phenoxy) is 1. The lowest BCUT2D eigenvalue weighted by Gasteiger charge is -2.08. The first-order valence-electron chi connectivity index (χ1n) is 6.93. The Labute approximate surface area is 137 Å². The van der Waals surface area contributed by atoms with Crippen LogP contribution >= 0.6 is 11.6 Å². The molecule has 0 aliphatic rings. The van der Waals surface area contributed by atoms with Gasteiger partial charge in [0.2, 0.25) is 0 Å². The summed E-state index contributed by atoms with van der Waals surface area (Å²) in [6.07, 6.45) is 0. The maximum absolute atomic E-state index is 12.3. The fourth-order valence-electron chi connectivity index (χ4n) is 2.16. The third-order valence-electron chi connectivity index (χ3n) is 3.33. The Kier molecular flexibility index (Phi) is 4.26. The van der Waals surface area contributed by atoms with Crippen LogP contribution in [0.15, 0.2) is 48.5 Å². The fourth-order valence-corrected chi connectivity index (χ4v) is 2.29. The van der Waals surface area contributed by atoms with Crippen LogP contribution in [0.3, 0.4) is 0 Å². The minimum atomic E-state index is -0.991. The summed E-state index contributed by atoms with van der Waals surface area (Å²) < 4.78 is 5.40. The number of Topliss-reactive ketones (excluding diaryl/α,β-unsaturated/α-hetero) is 1. The van der Waals surface area contributed by atoms with E-state index in [9.17, 15) is 10.1 Å². The summed E-state index contributed by atoms with van der Waals surface area (Å²) in [5, 5.41) is 9.89. The number of aromatic nitrogens is 2. The minimum Gasteiger partial charge on any atom is -0.486 e. The summed E-state index contributed by atoms with van der Waals surface area (Å²) in [4.78, 5) is 19.6. The maximum Gasteiger partial charge on any atom is 0.194 e. The molecule has 0 fully saturated rings. The molecule has 0 amide bonds. The molecule has 0 saturated carbocycles. The zero-order chi connectivity index (χ0) is 16.2. The molecule has 0 saturated heterocycles. The topological polar surface area (TPSA) is 78.8 Å². The number of carbonyl (C=O) groups excluding carboxylic acids is 1. The first-order chi connectivity index (χ1) is 11.2. The largest absolute Gasteiger partial charge is 0.486 e. The van der Waals surface area contributed by atoms with Crippen LogP contribution in [0.5, 0.6) is 5.75 Å². The second-order valence-corrected chi connectivity index (χ2v) is 5.35. The van der Waals surface area contributed by atoms with Crippen LogP contribution in [-0.2, 0) is 4.79 Å². The van der Waals surface area contributed by atoms with Gasteiger partial charge in [-0.05, 0) is 36.4 Å². The highest BCUT2D eigenvalue weighted by Crippen LogP contribution is 2.19. The highest BCUT2D eigenvalue weighted by molar-refractivity contribution is 6.30. The van der Waals surface area contributed by atoms with Gasteiger partial charge in [0.05, 0.1) is 17.1 Å². The molecule has 1 atom stereocenters. The number of nitrogens with zero attached hydrogens (tertiary/aromatic N) is 2. The molecule has 2 aromatic carbocycles. The van der Waals surface area contributed by atoms with Gasteiger partial charge in [-0.3, -0.25) is 4.79 Å². The molecule has 1 aromatic heterocycles. The summed E-state index contributed by atoms with van der Waals surface area (Å²) >= 11 is 5.79. The Bertz CT molecular complexity index is 848. The molecule has 0 aliphatic heterocycles. The van der Waals surface area contributed by atoms with Crippen molar-refractivity contribution < 1.29 is 9.53 Å². The number of aromatic amines is 1. The third-order valence-corrected chi connectivity index (χ3v) is 3.58. The fraction of sp³-hybridized carbons (Fsp3) is 0.118. The second-order valence-electron chi connectivity index (χ2n) is 4.91. The highest BCUT2D eigenvalue weighted by Gasteiger charge is 2.24. The lowest BCUT2D eigenvalue weighted by Crippen LogP contribution is -2.20. The number of fused-ring (bicyclic) bond motifs is 1. The molecular formula is C17H12ClN3O2. The van der Waals surface area contributed by atoms with E-state index in [0.29, 0.717) is 22.1 Å². The number of hydrogen-bond donors (Lipinski definition) is 1. The molecule has 5 nitrogen and oxygen atoms in total. The number of ketones is 1. The molecule has 3 aromatic rings. The van der Waals surface area contributed by atoms with Gasteiger partial charge in [-0.1, -0.05) is 23.7 Å². The normalized spacial score (nSPS) is 11.8. The number of carbonyl (C=O) groups is 1. The van der Waals surface area contributed by atoms with Gasteiger partial charge in [0.25, 0.3) is 0 Å². The van der Waals surface area contributed by atoms with Crippen LogP contribution in [0, 0.1) is 11.3 Å². The zero-order valence-electron chi connectivity index (χ0n) is 12.0. The second kappa shape index (κ2) is 6.51. The number of rotatable bonds is 5. The van der Waals surface area contributed by atoms with Gasteiger partial charge in [0, 0.05) is 5.02 Å². The molecule has 114 valence electrons. The molecular weight excluding hydrogens is 314 g/mol. The summed E-state index contributed by atoms with van der Waals surface area (Å²) in [5.74, 6) is -0.501. The van der Waals surface area contributed by atoms with Crippen LogP contribution in [0.25, 0.3) is 11.0 Å². The van der Waals surface area contributed by atoms with E-state index in [4.69, 9.17) is 16.3 Å². The number of imidazole rings is 1. The molecule has 6 heteroatoms. The smallest absolute Gasteiger partial charge is 0.194 e. The van der Waals surface area contributed by atoms with Crippen molar-refractivity contribution in [2.75, 3.05) is 6.61 Å². The van der Waals surface area contributed by atoms with Crippen molar-refractivity contribution in [3.8, 4) is 11.8 Å². The van der Waals surface area contributed by atoms with Gasteiger partial charge in [-0.15, -0.1) is 0 Å². The molecule has 0 bridgehead atoms. The average molecular weight is 326 g/mol. The van der Waals surface area contributed by atoms with Gasteiger partial charge in [0.15, 0.2) is 11.7 Å². The van der Waals surface area contributed by atoms with Gasteiger partial charge >= 0.3 is 0 Å². The molecule has 3 rings (SSSR count). The molecule has 0 unspecified atom stereocenters. The van der Waals surface area contributed by atoms with Crippen LogP contribution in [0.1, 0.15) is 11.7 Å². The molecule has 1 N–H and O–H groups in total. The number of hydrogen-bond acceptors (Lipinski definition) is 4. The lowest BCUT2D eigenvalue weighted by molar-refractivity contribution is -0.121. The molecule has 0 spiro atoms. The van der Waals surface area contributed by atoms with E-state index in [0.717, 1.165) is 5.52 Å². The Morgan fingerprint density at radius 3 is 2.70 bits per heavy atom. The van der Waals surface area contributed by atoms with E-state index in [-0.39, 0.29) is 12.4 Å². The number of nitrogens with one attached hydrogen (secondary N) is 1. The number of H-pyrrole nitrogens is 1. The van der Waals surface area contributed by atoms with Crippen molar-refractivity contribution in [1.82, 2.24) is 9.97 Å². The number of nitriles is 1. The van der Waals surface area contributed by atoms with Crippen LogP contribution in [0.4, 0.5) is 0 Å². The van der Waals surface area contributed by atoms with Crippen LogP contribution in [-0.4, -0.2) is 22.4 Å². The van der Waals surface area contributed by atoms with Crippen molar-refractivity contribution in [1.29, 1.82) is 5.26 Å². The Morgan fingerprint density at radius 1 is 1.26 bits per heavy atom. The van der Waals surface area contributed by atoms with E-state index >= 15 is 0 Å². The Balaban J connectivity index is 1.73. The first kappa shape index (κ1) is 15.1. The maximum atomic E-state index is 12.3. The highest BCUT2D eigenvalue weighted by atomic mass is 35.5. The molecule has 0 aliphatic carbocycles. The average Bonchev–Trinajstić information content (AvgIpc) is 2.98. The molecule has 1 heterocycles. The Hall–Kier alpha value is -2.84. The first-order valence-corrected chi connectivity index (χ1v) is 7.30. The van der Waals surface area contributed by atoms with Crippen molar-refractivity contribution in [3.63, 3.8) is 0 Å². The van der Waals surface area contributed by atoms with Gasteiger partial charge in [0.1, 0.15) is 18.2 Å². The standard InChI is InChI=1S/C17H12ClN3O2/c18-11-5-7-12(8-6-11)23-10-16(22)13(9-19)17-20-14-3-1-2-4-15(14)21-17/h1-8,13H,10H2,(H,20,21)/t13-/m1/s1. The van der Waals surface area contributed by atoms with Gasteiger partial charge in [-0.25, -0.2) is 4.98 Å². The number of para-hydroxylation sites is 2.